The fourth-order valence-electron chi connectivity index (χ4n) is 5.78. The van der Waals surface area contributed by atoms with Gasteiger partial charge in [-0.05, 0) is 48.6 Å². The number of fused-ring (bicyclic) bond motifs is 5. The number of aromatic nitrogens is 4. The van der Waals surface area contributed by atoms with Crippen LogP contribution in [0.5, 0.6) is 5.75 Å². The molecule has 37 heavy (non-hydrogen) atoms. The average molecular weight is 497 g/mol. The molecule has 1 aliphatic carbocycles. The Hall–Kier alpha value is -4.53. The lowest BCUT2D eigenvalue weighted by atomic mass is 9.95. The Morgan fingerprint density at radius 2 is 1.78 bits per heavy atom. The molecule has 1 fully saturated rings. The molecule has 6 aromatic rings. The normalized spacial score (nSPS) is 14.8. The second-order valence-corrected chi connectivity index (χ2v) is 9.76. The minimum atomic E-state index is -0.357. The summed E-state index contributed by atoms with van der Waals surface area (Å²) in [6.07, 6.45) is 5.29. The quantitative estimate of drug-likeness (QED) is 0.320. The van der Waals surface area contributed by atoms with Crippen LogP contribution >= 0.6 is 0 Å². The Balaban J connectivity index is 1.63. The van der Waals surface area contributed by atoms with Crippen molar-refractivity contribution in [2.75, 3.05) is 7.11 Å². The molecule has 2 aromatic carbocycles. The first kappa shape index (κ1) is 21.7. The van der Waals surface area contributed by atoms with Gasteiger partial charge in [0, 0.05) is 23.1 Å². The van der Waals surface area contributed by atoms with Gasteiger partial charge in [-0.25, -0.2) is 0 Å². The molecular formula is C28H24N4O5. The molecule has 1 aliphatic rings. The molecule has 9 heteroatoms. The van der Waals surface area contributed by atoms with E-state index in [1.165, 1.54) is 18.6 Å². The molecule has 0 aliphatic heterocycles. The molecule has 0 radical (unpaired) electrons. The van der Waals surface area contributed by atoms with E-state index in [4.69, 9.17) is 9.15 Å². The van der Waals surface area contributed by atoms with Crippen molar-refractivity contribution < 1.29 is 9.15 Å². The lowest BCUT2D eigenvalue weighted by molar-refractivity contribution is 0.335. The van der Waals surface area contributed by atoms with Crippen LogP contribution in [0, 0.1) is 0 Å². The van der Waals surface area contributed by atoms with E-state index in [1.807, 2.05) is 16.8 Å². The van der Waals surface area contributed by atoms with E-state index < -0.39 is 0 Å². The molecule has 0 atom stereocenters. The molecule has 4 heterocycles. The van der Waals surface area contributed by atoms with E-state index in [9.17, 15) is 14.4 Å². The fourth-order valence-corrected chi connectivity index (χ4v) is 5.78. The van der Waals surface area contributed by atoms with Gasteiger partial charge in [0.15, 0.2) is 11.0 Å². The highest BCUT2D eigenvalue weighted by atomic mass is 16.5. The third-order valence-electron chi connectivity index (χ3n) is 7.57. The van der Waals surface area contributed by atoms with Gasteiger partial charge in [0.05, 0.1) is 35.1 Å². The minimum absolute atomic E-state index is 0.147. The highest BCUT2D eigenvalue weighted by Crippen LogP contribution is 2.39. The zero-order chi connectivity index (χ0) is 25.3. The maximum atomic E-state index is 13.5. The first-order valence-electron chi connectivity index (χ1n) is 12.5. The van der Waals surface area contributed by atoms with E-state index in [-0.39, 0.29) is 22.6 Å². The van der Waals surface area contributed by atoms with Crippen LogP contribution < -0.4 is 21.3 Å². The highest BCUT2D eigenvalue weighted by Gasteiger charge is 2.26. The Labute approximate surface area is 208 Å². The summed E-state index contributed by atoms with van der Waals surface area (Å²) in [7, 11) is 1.57. The zero-order valence-corrected chi connectivity index (χ0v) is 20.1. The van der Waals surface area contributed by atoms with Crippen molar-refractivity contribution in [3.8, 4) is 16.9 Å². The Morgan fingerprint density at radius 3 is 2.59 bits per heavy atom. The first-order chi connectivity index (χ1) is 18.0. The van der Waals surface area contributed by atoms with Crippen LogP contribution in [-0.4, -0.2) is 26.9 Å². The summed E-state index contributed by atoms with van der Waals surface area (Å²) in [5.41, 5.74) is 2.51. The van der Waals surface area contributed by atoms with Crippen LogP contribution in [0.1, 0.15) is 38.1 Å². The third-order valence-corrected chi connectivity index (χ3v) is 7.57. The summed E-state index contributed by atoms with van der Waals surface area (Å²) in [6, 6.07) is 12.0. The lowest BCUT2D eigenvalue weighted by Crippen LogP contribution is -2.16. The largest absolute Gasteiger partial charge is 0.497 e. The van der Waals surface area contributed by atoms with Gasteiger partial charge >= 0.3 is 0 Å². The predicted molar refractivity (Wildman–Crippen MR) is 143 cm³/mol. The van der Waals surface area contributed by atoms with Crippen molar-refractivity contribution in [3.63, 3.8) is 0 Å². The number of hydrogen-bond donors (Lipinski definition) is 3. The third kappa shape index (κ3) is 3.27. The number of nitrogens with zero attached hydrogens (tertiary/aromatic N) is 1. The molecule has 186 valence electrons. The SMILES string of the molecule is COc1ccc2cc(-c3c4oc5cc(=O)ccc5c4[nH]c4c3c(=O)[nH]n4C3CCCCC3)c(=O)[nH]c2c1. The standard InChI is InChI=1S/C28H24N4O5/c1-36-17-9-7-14-11-19(27(34)29-20(14)13-17)22-23-26(32(31-28(23)35)15-5-3-2-4-6-15)30-24-18-10-8-16(33)12-21(18)37-25(22)24/h7-13,15,30H,2-6H2,1H3,(H,29,34)(H,31,35). The summed E-state index contributed by atoms with van der Waals surface area (Å²) in [6.45, 7) is 0. The maximum Gasteiger partial charge on any atom is 0.274 e. The van der Waals surface area contributed by atoms with E-state index in [0.717, 1.165) is 31.1 Å². The van der Waals surface area contributed by atoms with Crippen LogP contribution in [0.2, 0.25) is 0 Å². The number of hydrogen-bond acceptors (Lipinski definition) is 5. The Kier molecular flexibility index (Phi) is 4.69. The summed E-state index contributed by atoms with van der Waals surface area (Å²) in [4.78, 5) is 45.4. The molecule has 0 unspecified atom stereocenters. The molecule has 4 aromatic heterocycles. The summed E-state index contributed by atoms with van der Waals surface area (Å²) < 4.78 is 13.4. The summed E-state index contributed by atoms with van der Waals surface area (Å²) >= 11 is 0. The van der Waals surface area contributed by atoms with Gasteiger partial charge in [-0.1, -0.05) is 19.3 Å². The van der Waals surface area contributed by atoms with Crippen molar-refractivity contribution in [1.82, 2.24) is 19.7 Å². The van der Waals surface area contributed by atoms with Gasteiger partial charge in [-0.3, -0.25) is 24.2 Å². The van der Waals surface area contributed by atoms with Gasteiger partial charge in [-0.15, -0.1) is 0 Å². The second-order valence-electron chi connectivity index (χ2n) is 9.76. The molecule has 0 amide bonds. The maximum absolute atomic E-state index is 13.5. The average Bonchev–Trinajstić information content (AvgIpc) is 3.44. The van der Waals surface area contributed by atoms with Crippen molar-refractivity contribution >= 4 is 44.0 Å². The van der Waals surface area contributed by atoms with E-state index in [1.54, 1.807) is 25.3 Å². The number of H-pyrrole nitrogens is 3. The molecule has 7 rings (SSSR count). The smallest absolute Gasteiger partial charge is 0.274 e. The summed E-state index contributed by atoms with van der Waals surface area (Å²) in [5.74, 6) is 0.627. The van der Waals surface area contributed by atoms with Crippen LogP contribution in [0.15, 0.2) is 61.3 Å². The van der Waals surface area contributed by atoms with Gasteiger partial charge in [0.1, 0.15) is 17.0 Å². The van der Waals surface area contributed by atoms with Crippen molar-refractivity contribution in [2.45, 2.75) is 38.1 Å². The number of furan rings is 1. The van der Waals surface area contributed by atoms with Gasteiger partial charge in [0.25, 0.3) is 11.1 Å². The molecule has 9 nitrogen and oxygen atoms in total. The number of aromatic amines is 3. The molecule has 0 bridgehead atoms. The zero-order valence-electron chi connectivity index (χ0n) is 20.1. The molecule has 1 saturated carbocycles. The number of rotatable bonds is 3. The molecule has 0 spiro atoms. The number of pyridine rings is 2. The first-order valence-corrected chi connectivity index (χ1v) is 12.5. The molecule has 0 saturated heterocycles. The minimum Gasteiger partial charge on any atom is -0.497 e. The second kappa shape index (κ2) is 7.99. The topological polar surface area (TPSA) is 126 Å². The monoisotopic (exact) mass is 496 g/mol. The van der Waals surface area contributed by atoms with E-state index in [0.29, 0.717) is 55.5 Å². The Morgan fingerprint density at radius 1 is 0.946 bits per heavy atom. The number of methoxy groups -OCH3 is 1. The molecular weight excluding hydrogens is 472 g/mol. The van der Waals surface area contributed by atoms with Crippen LogP contribution in [-0.2, 0) is 0 Å². The van der Waals surface area contributed by atoms with E-state index in [2.05, 4.69) is 15.1 Å². The number of ether oxygens (including phenoxy) is 1. The van der Waals surface area contributed by atoms with Crippen LogP contribution in [0.25, 0.3) is 55.1 Å². The van der Waals surface area contributed by atoms with Crippen molar-refractivity contribution in [3.05, 3.63) is 73.4 Å². The van der Waals surface area contributed by atoms with E-state index >= 15 is 0 Å². The van der Waals surface area contributed by atoms with Crippen LogP contribution in [0.3, 0.4) is 0 Å². The van der Waals surface area contributed by atoms with Gasteiger partial charge < -0.3 is 19.1 Å². The fraction of sp³-hybridized carbons (Fsp3) is 0.250. The molecule has 3 N–H and O–H groups in total. The van der Waals surface area contributed by atoms with Gasteiger partial charge in [0.2, 0.25) is 0 Å². The van der Waals surface area contributed by atoms with Crippen molar-refractivity contribution in [2.24, 2.45) is 0 Å². The van der Waals surface area contributed by atoms with Crippen molar-refractivity contribution in [1.29, 1.82) is 0 Å². The number of benzene rings is 2. The van der Waals surface area contributed by atoms with Crippen LogP contribution in [0.4, 0.5) is 0 Å². The lowest BCUT2D eigenvalue weighted by Gasteiger charge is -2.23. The summed E-state index contributed by atoms with van der Waals surface area (Å²) in [5, 5.41) is 4.89. The van der Waals surface area contributed by atoms with Gasteiger partial charge in [-0.2, -0.15) is 0 Å². The predicted octanol–water partition coefficient (Wildman–Crippen LogP) is 4.94. The Bertz CT molecular complexity index is 2030. The highest BCUT2D eigenvalue weighted by molar-refractivity contribution is 6.14. The number of nitrogens with one attached hydrogen (secondary N) is 3.